The van der Waals surface area contributed by atoms with Crippen molar-refractivity contribution in [3.8, 4) is 0 Å². The van der Waals surface area contributed by atoms with Crippen molar-refractivity contribution in [3.05, 3.63) is 0 Å². The molecule has 0 aromatic heterocycles. The Labute approximate surface area is 87.3 Å². The van der Waals surface area contributed by atoms with E-state index >= 15 is 0 Å². The third-order valence-corrected chi connectivity index (χ3v) is 8.23. The van der Waals surface area contributed by atoms with Crippen LogP contribution < -0.4 is 0 Å². The summed E-state index contributed by atoms with van der Waals surface area (Å²) in [5.41, 5.74) is 0. The van der Waals surface area contributed by atoms with Crippen LogP contribution in [0.4, 0.5) is 0 Å². The first-order valence-corrected chi connectivity index (χ1v) is 8.24. The van der Waals surface area contributed by atoms with Crippen molar-refractivity contribution < 1.29 is 13.6 Å². The van der Waals surface area contributed by atoms with Crippen LogP contribution in [-0.4, -0.2) is 33.7 Å². The summed E-state index contributed by atoms with van der Waals surface area (Å²) in [5, 5.41) is 1.15. The van der Waals surface area contributed by atoms with Crippen LogP contribution in [0, 0.1) is 0 Å². The molecule has 0 saturated carbocycles. The Bertz CT molecular complexity index is 167. The van der Waals surface area contributed by atoms with Gasteiger partial charge in [0.05, 0.1) is 0 Å². The fraction of sp³-hybridized carbons (Fsp3) is 1.00. The average molecular weight is 273 g/mol. The van der Waals surface area contributed by atoms with Crippen LogP contribution in [0.15, 0.2) is 0 Å². The summed E-state index contributed by atoms with van der Waals surface area (Å²) in [5.74, 6) is 0. The monoisotopic (exact) mass is 274 g/mol. The molecule has 3 nitrogen and oxygen atoms in total. The van der Waals surface area contributed by atoms with Crippen LogP contribution in [-0.2, 0) is 13.6 Å². The molecule has 1 unspecified atom stereocenters. The molecule has 0 radical (unpaired) electrons. The van der Waals surface area contributed by atoms with E-state index < -0.39 is 7.60 Å². The molecule has 0 heterocycles. The number of unbranched alkanes of at least 4 members (excludes halogenated alkanes) is 1. The first-order valence-electron chi connectivity index (χ1n) is 4.43. The van der Waals surface area contributed by atoms with Crippen molar-refractivity contribution in [2.75, 3.05) is 14.2 Å². The first-order chi connectivity index (χ1) is 6.10. The topological polar surface area (TPSA) is 35.5 Å². The number of rotatable bonds is 7. The second kappa shape index (κ2) is 7.03. The van der Waals surface area contributed by atoms with Gasteiger partial charge in [-0.3, -0.25) is 0 Å². The molecule has 0 fully saturated rings. The minimum absolute atomic E-state index is 0.0709. The second-order valence-corrected chi connectivity index (χ2v) is 9.14. The first kappa shape index (κ1) is 13.7. The zero-order valence-corrected chi connectivity index (χ0v) is 11.4. The molecule has 0 bridgehead atoms. The van der Waals surface area contributed by atoms with Gasteiger partial charge >= 0.3 is 87.0 Å². The van der Waals surface area contributed by atoms with Crippen molar-refractivity contribution in [3.63, 3.8) is 0 Å². The molecule has 5 heteroatoms. The van der Waals surface area contributed by atoms with Gasteiger partial charge in [0.15, 0.2) is 0 Å². The van der Waals surface area contributed by atoms with E-state index in [-0.39, 0.29) is 4.56 Å². The fourth-order valence-electron chi connectivity index (χ4n) is 0.861. The Morgan fingerprint density at radius 1 is 1.38 bits per heavy atom. The molecule has 0 amide bonds. The van der Waals surface area contributed by atoms with Crippen LogP contribution in [0.5, 0.6) is 0 Å². The zero-order valence-electron chi connectivity index (χ0n) is 8.78. The van der Waals surface area contributed by atoms with Crippen molar-refractivity contribution in [1.82, 2.24) is 0 Å². The third-order valence-electron chi connectivity index (χ3n) is 1.81. The zero-order chi connectivity index (χ0) is 10.3. The average Bonchev–Trinajstić information content (AvgIpc) is 2.17. The normalized spacial score (nSPS) is 14.5. The van der Waals surface area contributed by atoms with E-state index in [1.807, 2.05) is 6.92 Å². The van der Waals surface area contributed by atoms with Gasteiger partial charge in [-0.1, -0.05) is 0 Å². The molecule has 1 atom stereocenters. The molecule has 0 aliphatic heterocycles. The Morgan fingerprint density at radius 2 is 1.92 bits per heavy atom. The number of hydrogen-bond donors (Lipinski definition) is 0. The molecule has 0 aromatic rings. The molecule has 0 aliphatic carbocycles. The van der Waals surface area contributed by atoms with Gasteiger partial charge in [0, 0.05) is 0 Å². The van der Waals surface area contributed by atoms with E-state index in [1.54, 1.807) is 0 Å². The molecule has 13 heavy (non-hydrogen) atoms. The quantitative estimate of drug-likeness (QED) is 0.406. The second-order valence-electron chi connectivity index (χ2n) is 2.73. The summed E-state index contributed by atoms with van der Waals surface area (Å²) in [4.78, 5) is 0. The van der Waals surface area contributed by atoms with E-state index in [0.717, 1.165) is 5.32 Å². The van der Waals surface area contributed by atoms with Gasteiger partial charge in [-0.25, -0.2) is 0 Å². The van der Waals surface area contributed by atoms with Crippen LogP contribution in [0.1, 0.15) is 26.7 Å². The molecule has 0 aromatic carbocycles. The van der Waals surface area contributed by atoms with Gasteiger partial charge in [-0.05, 0) is 0 Å². The maximum absolute atomic E-state index is 11.8. The molecule has 0 saturated heterocycles. The number of hydrogen-bond acceptors (Lipinski definition) is 3. The summed E-state index contributed by atoms with van der Waals surface area (Å²) in [6.45, 7) is 4.11. The van der Waals surface area contributed by atoms with Gasteiger partial charge < -0.3 is 0 Å². The van der Waals surface area contributed by atoms with Gasteiger partial charge in [0.2, 0.25) is 0 Å². The van der Waals surface area contributed by atoms with Crippen molar-refractivity contribution >= 4 is 22.6 Å². The van der Waals surface area contributed by atoms with Crippen LogP contribution in [0.25, 0.3) is 0 Å². The van der Waals surface area contributed by atoms with Gasteiger partial charge in [0.25, 0.3) is 0 Å². The molecule has 0 N–H and O–H groups in total. The predicted molar refractivity (Wildman–Crippen MR) is 56.6 cm³/mol. The molecule has 0 spiro atoms. The van der Waals surface area contributed by atoms with E-state index in [0.29, 0.717) is 15.0 Å². The van der Waals surface area contributed by atoms with E-state index in [4.69, 9.17) is 9.05 Å². The van der Waals surface area contributed by atoms with Crippen LogP contribution in [0.2, 0.25) is 5.32 Å². The van der Waals surface area contributed by atoms with E-state index in [9.17, 15) is 4.57 Å². The molecular weight excluding hydrogens is 254 g/mol. The van der Waals surface area contributed by atoms with Crippen molar-refractivity contribution in [2.24, 2.45) is 0 Å². The maximum atomic E-state index is 11.8. The summed E-state index contributed by atoms with van der Waals surface area (Å²) in [7, 11) is 0.125. The Hall–Kier alpha value is 0.669. The SMILES string of the molecule is CCCC[Se]C(C)P(=O)(OC)OC. The molecular formula is C8H19O3PSe. The Kier molecular flexibility index (Phi) is 7.39. The van der Waals surface area contributed by atoms with Gasteiger partial charge in [-0.2, -0.15) is 0 Å². The van der Waals surface area contributed by atoms with Crippen LogP contribution >= 0.6 is 7.60 Å². The molecule has 80 valence electrons. The molecule has 0 aliphatic rings. The standard InChI is InChI=1S/C8H19O3PSe/c1-5-6-7-13-8(2)12(9,10-3)11-4/h8H,5-7H2,1-4H3. The third kappa shape index (κ3) is 4.62. The summed E-state index contributed by atoms with van der Waals surface area (Å²) < 4.78 is 21.7. The Balaban J connectivity index is 3.92. The summed E-state index contributed by atoms with van der Waals surface area (Å²) >= 11 is 0.359. The van der Waals surface area contributed by atoms with Crippen LogP contribution in [0.3, 0.4) is 0 Å². The predicted octanol–water partition coefficient (Wildman–Crippen LogP) is 2.74. The summed E-state index contributed by atoms with van der Waals surface area (Å²) in [6, 6.07) is 0. The summed E-state index contributed by atoms with van der Waals surface area (Å²) in [6.07, 6.45) is 2.40. The molecule has 0 rings (SSSR count). The van der Waals surface area contributed by atoms with Crippen molar-refractivity contribution in [1.29, 1.82) is 0 Å². The van der Waals surface area contributed by atoms with Crippen molar-refractivity contribution in [2.45, 2.75) is 36.6 Å². The van der Waals surface area contributed by atoms with Gasteiger partial charge in [-0.15, -0.1) is 0 Å². The Morgan fingerprint density at radius 3 is 2.31 bits per heavy atom. The van der Waals surface area contributed by atoms with E-state index in [2.05, 4.69) is 6.92 Å². The fourth-order valence-corrected chi connectivity index (χ4v) is 6.24. The minimum atomic E-state index is -2.78. The van der Waals surface area contributed by atoms with E-state index in [1.165, 1.54) is 27.1 Å². The van der Waals surface area contributed by atoms with Gasteiger partial charge in [0.1, 0.15) is 0 Å².